The van der Waals surface area contributed by atoms with Crippen LogP contribution in [0.4, 0.5) is 0 Å². The molecule has 6 aliphatic carbocycles. The fourth-order valence-corrected chi connectivity index (χ4v) is 16.4. The summed E-state index contributed by atoms with van der Waals surface area (Å²) in [6.07, 6.45) is 21.3. The number of sulfone groups is 1. The third-order valence-electron chi connectivity index (χ3n) is 18.0. The molecule has 298 valence electrons. The van der Waals surface area contributed by atoms with Gasteiger partial charge in [-0.05, 0) is 172 Å². The van der Waals surface area contributed by atoms with Crippen molar-refractivity contribution in [2.45, 2.75) is 147 Å². The Morgan fingerprint density at radius 1 is 0.925 bits per heavy atom. The molecule has 0 aromatic heterocycles. The number of hydrogen-bond donors (Lipinski definition) is 1. The Morgan fingerprint density at radius 3 is 2.26 bits per heavy atom. The third kappa shape index (κ3) is 6.29. The maximum absolute atomic E-state index is 12.5. The summed E-state index contributed by atoms with van der Waals surface area (Å²) in [6, 6.07) is 0. The van der Waals surface area contributed by atoms with Gasteiger partial charge in [0, 0.05) is 24.9 Å². The number of hydrogen-bond acceptors (Lipinski definition) is 6. The zero-order chi connectivity index (χ0) is 38.4. The first-order valence-corrected chi connectivity index (χ1v) is 23.6. The number of likely N-dealkylation sites (tertiary alicyclic amines) is 1. The number of carbonyl (C=O) groups is 1. The average molecular weight is 772 g/mol. The number of halogens is 1. The third-order valence-corrected chi connectivity index (χ3v) is 20.2. The second kappa shape index (κ2) is 13.8. The Hall–Kier alpha value is -1.15. The van der Waals surface area contributed by atoms with Crippen molar-refractivity contribution in [3.8, 4) is 0 Å². The molecule has 0 aromatic rings. The van der Waals surface area contributed by atoms with Crippen LogP contribution in [-0.4, -0.2) is 74.5 Å². The number of nitrogens with one attached hydrogen (secondary N) is 1. The highest BCUT2D eigenvalue weighted by Gasteiger charge is 2.70. The number of methoxy groups -OCH3 is 1. The van der Waals surface area contributed by atoms with E-state index in [1.165, 1.54) is 81.5 Å². The normalized spacial score (nSPS) is 44.4. The Bertz CT molecular complexity index is 1650. The summed E-state index contributed by atoms with van der Waals surface area (Å²) < 4.78 is 29.4. The van der Waals surface area contributed by atoms with Gasteiger partial charge in [-0.1, -0.05) is 58.9 Å². The summed E-state index contributed by atoms with van der Waals surface area (Å²) in [5.41, 5.74) is 5.39. The van der Waals surface area contributed by atoms with Gasteiger partial charge in [0.15, 0.2) is 0 Å². The van der Waals surface area contributed by atoms with E-state index in [0.29, 0.717) is 53.3 Å². The number of nitrogens with zero attached hydrogens (tertiary/aromatic N) is 1. The van der Waals surface area contributed by atoms with E-state index in [-0.39, 0.29) is 27.6 Å². The second-order valence-electron chi connectivity index (χ2n) is 20.6. The fraction of sp³-hybridized carbons (Fsp3) is 0.844. The van der Waals surface area contributed by atoms with E-state index < -0.39 is 14.7 Å². The van der Waals surface area contributed by atoms with E-state index in [9.17, 15) is 13.2 Å². The minimum Gasteiger partial charge on any atom is -0.468 e. The first-order valence-electron chi connectivity index (χ1n) is 21.2. The molecule has 6 nitrogen and oxygen atoms in total. The number of rotatable bonds is 8. The molecule has 7 aliphatic rings. The topological polar surface area (TPSA) is 75.7 Å². The van der Waals surface area contributed by atoms with E-state index in [2.05, 4.69) is 70.5 Å². The lowest BCUT2D eigenvalue weighted by atomic mass is 9.33. The van der Waals surface area contributed by atoms with Gasteiger partial charge in [-0.3, -0.25) is 4.79 Å². The SMILES string of the molecule is C=C(C)[C@@H]1CC[C@]2(NCCN3CCC(S(C)(=O)=O)CC3)CC[C@]3(C)[C@H](CC[C@@H]4[C@@]5(C)CC=C(C6=CCC(Cl)(C(=O)OC)CC6)C(C)(C)[C@@H]5CC[C@]43C)[C@@H]12. The van der Waals surface area contributed by atoms with Crippen molar-refractivity contribution in [2.75, 3.05) is 39.5 Å². The summed E-state index contributed by atoms with van der Waals surface area (Å²) >= 11 is 6.77. The van der Waals surface area contributed by atoms with Gasteiger partial charge in [-0.2, -0.15) is 0 Å². The molecule has 1 aliphatic heterocycles. The standard InChI is InChI=1S/C45H71ClN2O4S/c1-30(2)33-14-23-45(47-26-29-48-27-17-32(18-28-48)53(9,50)51)25-24-42(6)35(38(33)45)10-11-37-41(5)19-15-34(40(3,4)36(41)16-20-43(37,42)7)31-12-21-44(46,22-13-31)39(49)52-8/h12,15,32-33,35-38,47H,1,10-11,13-14,16-29H2,2-9H3/t33-,35+,36-,37+,38+,41-,42+,43+,44?,45-/m0/s1. The summed E-state index contributed by atoms with van der Waals surface area (Å²) in [5.74, 6) is 2.92. The first-order chi connectivity index (χ1) is 24.8. The number of carbonyl (C=O) groups excluding carboxylic acids is 1. The smallest absolute Gasteiger partial charge is 0.327 e. The number of alkyl halides is 1. The van der Waals surface area contributed by atoms with Crippen molar-refractivity contribution in [3.05, 3.63) is 35.5 Å². The van der Waals surface area contributed by atoms with E-state index in [0.717, 1.165) is 51.9 Å². The molecular formula is C45H71ClN2O4S. The predicted molar refractivity (Wildman–Crippen MR) is 218 cm³/mol. The lowest BCUT2D eigenvalue weighted by Gasteiger charge is -2.72. The highest BCUT2D eigenvalue weighted by Crippen LogP contribution is 2.76. The lowest BCUT2D eigenvalue weighted by Crippen LogP contribution is -2.68. The van der Waals surface area contributed by atoms with Crippen LogP contribution in [0.15, 0.2) is 35.5 Å². The minimum absolute atomic E-state index is 0.0672. The molecule has 0 amide bonds. The summed E-state index contributed by atoms with van der Waals surface area (Å²) in [6.45, 7) is 23.9. The van der Waals surface area contributed by atoms with Crippen LogP contribution in [0.25, 0.3) is 0 Å². The average Bonchev–Trinajstić information content (AvgIpc) is 3.48. The summed E-state index contributed by atoms with van der Waals surface area (Å²) in [7, 11) is -1.51. The highest BCUT2D eigenvalue weighted by atomic mass is 35.5. The van der Waals surface area contributed by atoms with Crippen molar-refractivity contribution in [1.82, 2.24) is 10.2 Å². The van der Waals surface area contributed by atoms with Crippen molar-refractivity contribution in [3.63, 3.8) is 0 Å². The molecule has 1 N–H and O–H groups in total. The van der Waals surface area contributed by atoms with E-state index in [4.69, 9.17) is 16.3 Å². The first kappa shape index (κ1) is 40.1. The molecule has 0 radical (unpaired) electrons. The molecule has 1 unspecified atom stereocenters. The Morgan fingerprint density at radius 2 is 1.64 bits per heavy atom. The van der Waals surface area contributed by atoms with Crippen LogP contribution in [-0.2, 0) is 19.4 Å². The highest BCUT2D eigenvalue weighted by molar-refractivity contribution is 7.91. The number of esters is 1. The molecule has 5 fully saturated rings. The lowest BCUT2D eigenvalue weighted by molar-refractivity contribution is -0.221. The fourth-order valence-electron chi connectivity index (χ4n) is 15.1. The molecule has 10 atom stereocenters. The summed E-state index contributed by atoms with van der Waals surface area (Å²) in [4.78, 5) is 14.0. The van der Waals surface area contributed by atoms with Crippen molar-refractivity contribution in [2.24, 2.45) is 51.2 Å². The van der Waals surface area contributed by atoms with Gasteiger partial charge in [-0.15, -0.1) is 11.6 Å². The van der Waals surface area contributed by atoms with E-state index in [1.54, 1.807) is 0 Å². The van der Waals surface area contributed by atoms with Crippen LogP contribution in [0, 0.1) is 51.2 Å². The number of piperidine rings is 1. The van der Waals surface area contributed by atoms with Gasteiger partial charge in [0.25, 0.3) is 0 Å². The molecule has 53 heavy (non-hydrogen) atoms. The van der Waals surface area contributed by atoms with Crippen molar-refractivity contribution >= 4 is 27.4 Å². The van der Waals surface area contributed by atoms with Crippen LogP contribution >= 0.6 is 11.6 Å². The molecule has 0 bridgehead atoms. The van der Waals surface area contributed by atoms with Gasteiger partial charge in [0.2, 0.25) is 0 Å². The van der Waals surface area contributed by atoms with Crippen molar-refractivity contribution < 1.29 is 17.9 Å². The van der Waals surface area contributed by atoms with Gasteiger partial charge < -0.3 is 15.0 Å². The number of allylic oxidation sites excluding steroid dienone is 5. The number of fused-ring (bicyclic) bond motifs is 7. The zero-order valence-corrected chi connectivity index (χ0v) is 36.0. The molecule has 1 saturated heterocycles. The maximum Gasteiger partial charge on any atom is 0.327 e. The second-order valence-corrected chi connectivity index (χ2v) is 23.6. The van der Waals surface area contributed by atoms with Crippen LogP contribution in [0.5, 0.6) is 0 Å². The summed E-state index contributed by atoms with van der Waals surface area (Å²) in [5, 5.41) is 4.10. The van der Waals surface area contributed by atoms with Crippen molar-refractivity contribution in [1.29, 1.82) is 0 Å². The Labute approximate surface area is 327 Å². The molecule has 7 rings (SSSR count). The van der Waals surface area contributed by atoms with E-state index in [1.807, 2.05) is 0 Å². The molecule has 0 aromatic carbocycles. The van der Waals surface area contributed by atoms with Crippen LogP contribution in [0.1, 0.15) is 131 Å². The van der Waals surface area contributed by atoms with Crippen LogP contribution in [0.2, 0.25) is 0 Å². The molecular weight excluding hydrogens is 700 g/mol. The van der Waals surface area contributed by atoms with Crippen LogP contribution < -0.4 is 5.32 Å². The van der Waals surface area contributed by atoms with Gasteiger partial charge in [0.1, 0.15) is 14.7 Å². The predicted octanol–water partition coefficient (Wildman–Crippen LogP) is 9.29. The Balaban J connectivity index is 1.10. The Kier molecular flexibility index (Phi) is 10.4. The molecule has 1 heterocycles. The maximum atomic E-state index is 12.5. The minimum atomic E-state index is -2.95. The number of ether oxygens (including phenoxy) is 1. The zero-order valence-electron chi connectivity index (χ0n) is 34.4. The van der Waals surface area contributed by atoms with Gasteiger partial charge in [0.05, 0.1) is 12.4 Å². The van der Waals surface area contributed by atoms with E-state index >= 15 is 0 Å². The van der Waals surface area contributed by atoms with Gasteiger partial charge in [-0.25, -0.2) is 8.42 Å². The largest absolute Gasteiger partial charge is 0.468 e. The van der Waals surface area contributed by atoms with Crippen LogP contribution in [0.3, 0.4) is 0 Å². The molecule has 4 saturated carbocycles. The molecule has 8 heteroatoms. The molecule has 0 spiro atoms. The monoisotopic (exact) mass is 770 g/mol. The quantitative estimate of drug-likeness (QED) is 0.151. The van der Waals surface area contributed by atoms with Gasteiger partial charge >= 0.3 is 5.97 Å².